The van der Waals surface area contributed by atoms with Crippen molar-refractivity contribution in [1.29, 1.82) is 0 Å². The molecule has 172 valence electrons. The van der Waals surface area contributed by atoms with Crippen LogP contribution < -0.4 is 10.3 Å². The number of nitrogens with zero attached hydrogens (tertiary/aromatic N) is 3. The first-order chi connectivity index (χ1) is 16.0. The largest absolute Gasteiger partial charge is 0.461 e. The van der Waals surface area contributed by atoms with Crippen molar-refractivity contribution in [2.24, 2.45) is 5.10 Å². The molecule has 8 nitrogen and oxygen atoms in total. The molecular formula is C24H25ClN4O4. The first-order valence-electron chi connectivity index (χ1n) is 11.0. The number of hydrazone groups is 1. The number of anilines is 2. The molecule has 2 aliphatic rings. The predicted octanol–water partition coefficient (Wildman–Crippen LogP) is 3.71. The molecule has 1 saturated heterocycles. The van der Waals surface area contributed by atoms with Crippen LogP contribution in [0.3, 0.4) is 0 Å². The van der Waals surface area contributed by atoms with Crippen LogP contribution in [0, 0.1) is 0 Å². The number of ether oxygens (including phenoxy) is 1. The topological polar surface area (TPSA) is 91.3 Å². The summed E-state index contributed by atoms with van der Waals surface area (Å²) < 4.78 is 5.08. The van der Waals surface area contributed by atoms with Gasteiger partial charge in [-0.1, -0.05) is 29.8 Å². The molecule has 2 heterocycles. The van der Waals surface area contributed by atoms with E-state index in [4.69, 9.17) is 16.3 Å². The fourth-order valence-electron chi connectivity index (χ4n) is 3.98. The first kappa shape index (κ1) is 22.8. The third kappa shape index (κ3) is 5.01. The maximum Gasteiger partial charge on any atom is 0.354 e. The van der Waals surface area contributed by atoms with Gasteiger partial charge in [0, 0.05) is 24.5 Å². The predicted molar refractivity (Wildman–Crippen MR) is 127 cm³/mol. The Hall–Kier alpha value is -3.39. The highest BCUT2D eigenvalue weighted by atomic mass is 35.5. The van der Waals surface area contributed by atoms with Crippen molar-refractivity contribution in [3.05, 3.63) is 59.1 Å². The molecule has 2 aromatic rings. The summed E-state index contributed by atoms with van der Waals surface area (Å²) in [5.74, 6) is -1.10. The summed E-state index contributed by atoms with van der Waals surface area (Å²) in [5.41, 5.74) is 1.55. The lowest BCUT2D eigenvalue weighted by molar-refractivity contribution is -0.135. The number of hydrogen-bond acceptors (Lipinski definition) is 6. The minimum atomic E-state index is -0.791. The van der Waals surface area contributed by atoms with Gasteiger partial charge in [-0.3, -0.25) is 14.6 Å². The molecule has 0 spiro atoms. The average molecular weight is 469 g/mol. The van der Waals surface area contributed by atoms with Crippen LogP contribution in [-0.2, 0) is 14.3 Å². The van der Waals surface area contributed by atoms with Gasteiger partial charge in [-0.05, 0) is 50.1 Å². The number of amides is 2. The standard InChI is InChI=1S/C24H25ClN4O4/c1-2-33-24(32)20-15-21(29(27-20)17-8-4-3-5-9-17)22(30)26-19-14-16(25)10-11-18(19)23(31)28-12-6-7-13-28/h3-5,8-11,14,21H,2,6-7,12-13,15H2,1H3,(H,26,30). The van der Waals surface area contributed by atoms with Crippen molar-refractivity contribution < 1.29 is 19.1 Å². The number of benzene rings is 2. The van der Waals surface area contributed by atoms with Gasteiger partial charge >= 0.3 is 5.97 Å². The Bertz CT molecular complexity index is 1080. The van der Waals surface area contributed by atoms with Gasteiger partial charge in [-0.15, -0.1) is 0 Å². The van der Waals surface area contributed by atoms with Gasteiger partial charge < -0.3 is 15.0 Å². The zero-order valence-corrected chi connectivity index (χ0v) is 19.0. The van der Waals surface area contributed by atoms with E-state index in [1.165, 1.54) is 5.01 Å². The number of hydrogen-bond donors (Lipinski definition) is 1. The number of halogens is 1. The maximum atomic E-state index is 13.4. The highest BCUT2D eigenvalue weighted by Crippen LogP contribution is 2.28. The molecule has 4 rings (SSSR count). The van der Waals surface area contributed by atoms with E-state index >= 15 is 0 Å². The lowest BCUT2D eigenvalue weighted by Gasteiger charge is -2.24. The van der Waals surface area contributed by atoms with Crippen LogP contribution in [0.2, 0.25) is 5.02 Å². The second kappa shape index (κ2) is 10.0. The minimum Gasteiger partial charge on any atom is -0.461 e. The van der Waals surface area contributed by atoms with Crippen LogP contribution in [0.4, 0.5) is 11.4 Å². The van der Waals surface area contributed by atoms with Crippen molar-refractivity contribution in [3.8, 4) is 0 Å². The van der Waals surface area contributed by atoms with E-state index < -0.39 is 17.9 Å². The Morgan fingerprint density at radius 3 is 2.55 bits per heavy atom. The van der Waals surface area contributed by atoms with Crippen LogP contribution in [-0.4, -0.2) is 54.1 Å². The van der Waals surface area contributed by atoms with Gasteiger partial charge in [0.15, 0.2) is 0 Å². The summed E-state index contributed by atoms with van der Waals surface area (Å²) in [6.45, 7) is 3.31. The number of nitrogens with one attached hydrogen (secondary N) is 1. The lowest BCUT2D eigenvalue weighted by atomic mass is 10.1. The summed E-state index contributed by atoms with van der Waals surface area (Å²) in [5, 5.41) is 9.13. The minimum absolute atomic E-state index is 0.0789. The van der Waals surface area contributed by atoms with Crippen molar-refractivity contribution >= 4 is 46.5 Å². The van der Waals surface area contributed by atoms with E-state index in [1.807, 2.05) is 18.2 Å². The second-order valence-electron chi connectivity index (χ2n) is 7.85. The zero-order chi connectivity index (χ0) is 23.4. The molecule has 1 N–H and O–H groups in total. The SMILES string of the molecule is CCOC(=O)C1=NN(c2ccccc2)C(C(=O)Nc2cc(Cl)ccc2C(=O)N2CCCC2)C1. The smallest absolute Gasteiger partial charge is 0.354 e. The summed E-state index contributed by atoms with van der Waals surface area (Å²) >= 11 is 6.18. The number of esters is 1. The molecule has 1 atom stereocenters. The van der Waals surface area contributed by atoms with E-state index in [9.17, 15) is 14.4 Å². The number of carbonyl (C=O) groups excluding carboxylic acids is 3. The number of para-hydroxylation sites is 1. The molecule has 2 amide bonds. The summed E-state index contributed by atoms with van der Waals surface area (Å²) in [6.07, 6.45) is 2.00. The highest BCUT2D eigenvalue weighted by Gasteiger charge is 2.37. The Balaban J connectivity index is 1.60. The van der Waals surface area contributed by atoms with E-state index in [0.717, 1.165) is 12.8 Å². The Morgan fingerprint density at radius 1 is 1.12 bits per heavy atom. The molecular weight excluding hydrogens is 444 g/mol. The van der Waals surface area contributed by atoms with Gasteiger partial charge in [0.25, 0.3) is 5.91 Å². The molecule has 2 aliphatic heterocycles. The van der Waals surface area contributed by atoms with Gasteiger partial charge in [-0.2, -0.15) is 5.10 Å². The van der Waals surface area contributed by atoms with Gasteiger partial charge in [0.05, 0.1) is 23.5 Å². The summed E-state index contributed by atoms with van der Waals surface area (Å²) in [6, 6.07) is 13.2. The second-order valence-corrected chi connectivity index (χ2v) is 8.28. The van der Waals surface area contributed by atoms with Crippen LogP contribution in [0.1, 0.15) is 36.5 Å². The normalized spacial score (nSPS) is 17.6. The van der Waals surface area contributed by atoms with Gasteiger partial charge in [0.1, 0.15) is 11.8 Å². The molecule has 1 fully saturated rings. The number of likely N-dealkylation sites (tertiary alicyclic amines) is 1. The molecule has 33 heavy (non-hydrogen) atoms. The molecule has 0 aromatic heterocycles. The van der Waals surface area contributed by atoms with Crippen molar-refractivity contribution in [2.75, 3.05) is 30.0 Å². The van der Waals surface area contributed by atoms with Gasteiger partial charge in [0.2, 0.25) is 5.91 Å². The molecule has 1 unspecified atom stereocenters. The quantitative estimate of drug-likeness (QED) is 0.652. The Morgan fingerprint density at radius 2 is 1.85 bits per heavy atom. The molecule has 0 saturated carbocycles. The number of carbonyl (C=O) groups is 3. The molecule has 0 radical (unpaired) electrons. The average Bonchev–Trinajstić information content (AvgIpc) is 3.50. The molecule has 0 aliphatic carbocycles. The fraction of sp³-hybridized carbons (Fsp3) is 0.333. The summed E-state index contributed by atoms with van der Waals surface area (Å²) in [4.78, 5) is 40.5. The Kier molecular flexibility index (Phi) is 6.93. The third-order valence-corrected chi connectivity index (χ3v) is 5.84. The van der Waals surface area contributed by atoms with E-state index in [-0.39, 0.29) is 24.6 Å². The highest BCUT2D eigenvalue weighted by molar-refractivity contribution is 6.38. The first-order valence-corrected chi connectivity index (χ1v) is 11.3. The van der Waals surface area contributed by atoms with Crippen molar-refractivity contribution in [3.63, 3.8) is 0 Å². The maximum absolute atomic E-state index is 13.4. The van der Waals surface area contributed by atoms with Gasteiger partial charge in [-0.25, -0.2) is 4.79 Å². The van der Waals surface area contributed by atoms with Crippen LogP contribution in [0.25, 0.3) is 0 Å². The third-order valence-electron chi connectivity index (χ3n) is 5.61. The Labute approximate surface area is 197 Å². The fourth-order valence-corrected chi connectivity index (χ4v) is 4.16. The van der Waals surface area contributed by atoms with Crippen LogP contribution in [0.15, 0.2) is 53.6 Å². The van der Waals surface area contributed by atoms with E-state index in [2.05, 4.69) is 10.4 Å². The van der Waals surface area contributed by atoms with Crippen molar-refractivity contribution in [1.82, 2.24) is 4.90 Å². The molecule has 2 aromatic carbocycles. The van der Waals surface area contributed by atoms with Crippen LogP contribution >= 0.6 is 11.6 Å². The monoisotopic (exact) mass is 468 g/mol. The van der Waals surface area contributed by atoms with Crippen molar-refractivity contribution in [2.45, 2.75) is 32.2 Å². The zero-order valence-electron chi connectivity index (χ0n) is 18.3. The lowest BCUT2D eigenvalue weighted by Crippen LogP contribution is -2.39. The molecule has 9 heteroatoms. The van der Waals surface area contributed by atoms with E-state index in [1.54, 1.807) is 42.2 Å². The number of rotatable bonds is 6. The summed E-state index contributed by atoms with van der Waals surface area (Å²) in [7, 11) is 0. The van der Waals surface area contributed by atoms with E-state index in [0.29, 0.717) is 35.1 Å². The van der Waals surface area contributed by atoms with Crippen LogP contribution in [0.5, 0.6) is 0 Å². The molecule has 0 bridgehead atoms.